The molecule has 0 aliphatic carbocycles. The third-order valence-corrected chi connectivity index (χ3v) is 6.33. The number of hydrogen-bond donors (Lipinski definition) is 2. The number of carboxylic acid groups (broad SMARTS) is 2. The first kappa shape index (κ1) is 30.5. The first-order chi connectivity index (χ1) is 20.2. The first-order valence-corrected chi connectivity index (χ1v) is 12.3. The van der Waals surface area contributed by atoms with Gasteiger partial charge in [0, 0.05) is 22.3 Å². The second-order valence-corrected chi connectivity index (χ2v) is 9.19. The van der Waals surface area contributed by atoms with Crippen molar-refractivity contribution in [2.24, 2.45) is 0 Å². The summed E-state index contributed by atoms with van der Waals surface area (Å²) in [6, 6.07) is 19.2. The van der Waals surface area contributed by atoms with Gasteiger partial charge in [0.25, 0.3) is 0 Å². The number of alkyl halides is 6. The van der Waals surface area contributed by atoms with Crippen LogP contribution in [0.15, 0.2) is 97.1 Å². The zero-order valence-electron chi connectivity index (χ0n) is 21.7. The van der Waals surface area contributed by atoms with E-state index in [1.807, 2.05) is 0 Å². The highest BCUT2D eigenvalue weighted by atomic mass is 19.4. The Balaban J connectivity index is 2.07. The molecule has 0 bridgehead atoms. The van der Waals surface area contributed by atoms with Crippen molar-refractivity contribution >= 4 is 11.9 Å². The molecule has 43 heavy (non-hydrogen) atoms. The second-order valence-electron chi connectivity index (χ2n) is 9.19. The summed E-state index contributed by atoms with van der Waals surface area (Å²) in [6.45, 7) is 0. The molecule has 0 aliphatic heterocycles. The maximum atomic E-state index is 15.0. The maximum absolute atomic E-state index is 15.0. The number of benzene rings is 4. The third-order valence-electron chi connectivity index (χ3n) is 6.33. The first-order valence-electron chi connectivity index (χ1n) is 12.3. The Labute approximate surface area is 241 Å². The van der Waals surface area contributed by atoms with E-state index in [1.54, 1.807) is 60.7 Å². The van der Waals surface area contributed by atoms with Crippen molar-refractivity contribution in [1.29, 1.82) is 0 Å². The number of carbonyl (C=O) groups is 2. The van der Waals surface area contributed by atoms with Gasteiger partial charge in [0.1, 0.15) is 0 Å². The van der Waals surface area contributed by atoms with E-state index in [0.717, 1.165) is 12.1 Å². The van der Waals surface area contributed by atoms with Crippen LogP contribution in [0.3, 0.4) is 0 Å². The van der Waals surface area contributed by atoms with Gasteiger partial charge >= 0.3 is 24.3 Å². The minimum atomic E-state index is -6.13. The Bertz CT molecular complexity index is 1670. The molecular formula is C33H18F6O4. The largest absolute Gasteiger partial charge is 0.478 e. The highest BCUT2D eigenvalue weighted by molar-refractivity contribution is 5.89. The van der Waals surface area contributed by atoms with Crippen LogP contribution in [0.4, 0.5) is 26.3 Å². The van der Waals surface area contributed by atoms with Gasteiger partial charge in [0.15, 0.2) is 0 Å². The average molecular weight is 592 g/mol. The standard InChI is InChI=1S/C33H18F6O4/c34-32(35,36)31(33(37,38)39,27-17-23(15-25(19-27)29(40)41)13-11-21-7-3-1-4-8-21)28-18-24(16-26(20-28)30(42)43)14-12-22-9-5-2-6-10-22/h1-10,15-20H,(H,40,41)(H,42,43). The third kappa shape index (κ3) is 6.39. The average Bonchev–Trinajstić information content (AvgIpc) is 2.94. The fraction of sp³-hybridized carbons (Fsp3) is 0.0909. The van der Waals surface area contributed by atoms with E-state index in [0.29, 0.717) is 23.3 Å². The molecule has 0 atom stereocenters. The van der Waals surface area contributed by atoms with Crippen molar-refractivity contribution in [3.8, 4) is 23.7 Å². The van der Waals surface area contributed by atoms with E-state index >= 15 is 0 Å². The maximum Gasteiger partial charge on any atom is 0.411 e. The fourth-order valence-corrected chi connectivity index (χ4v) is 4.39. The van der Waals surface area contributed by atoms with Crippen molar-refractivity contribution in [1.82, 2.24) is 0 Å². The van der Waals surface area contributed by atoms with E-state index in [9.17, 15) is 46.1 Å². The summed E-state index contributed by atoms with van der Waals surface area (Å²) < 4.78 is 89.9. The second kappa shape index (κ2) is 11.8. The summed E-state index contributed by atoms with van der Waals surface area (Å²) in [5, 5.41) is 19.2. The minimum Gasteiger partial charge on any atom is -0.478 e. The number of carboxylic acids is 2. The summed E-state index contributed by atoms with van der Waals surface area (Å²) in [7, 11) is 0. The molecule has 216 valence electrons. The van der Waals surface area contributed by atoms with Crippen molar-refractivity contribution in [2.45, 2.75) is 17.8 Å². The molecule has 10 heteroatoms. The SMILES string of the molecule is O=C(O)c1cc(C#Cc2ccccc2)cc(C(c2cc(C#Cc3ccccc3)cc(C(=O)O)c2)(C(F)(F)F)C(F)(F)F)c1. The van der Waals surface area contributed by atoms with Gasteiger partial charge in [-0.2, -0.15) is 26.3 Å². The highest BCUT2D eigenvalue weighted by Gasteiger charge is 2.72. The van der Waals surface area contributed by atoms with Gasteiger partial charge in [-0.25, -0.2) is 9.59 Å². The Morgan fingerprint density at radius 3 is 1.12 bits per heavy atom. The smallest absolute Gasteiger partial charge is 0.411 e. The lowest BCUT2D eigenvalue weighted by molar-refractivity contribution is -0.288. The van der Waals surface area contributed by atoms with Gasteiger partial charge in [0.2, 0.25) is 5.41 Å². The predicted molar refractivity (Wildman–Crippen MR) is 145 cm³/mol. The van der Waals surface area contributed by atoms with Gasteiger partial charge in [-0.1, -0.05) is 60.1 Å². The van der Waals surface area contributed by atoms with Crippen LogP contribution >= 0.6 is 0 Å². The molecule has 4 nitrogen and oxygen atoms in total. The molecule has 0 aromatic heterocycles. The normalized spacial score (nSPS) is 11.5. The number of hydrogen-bond acceptors (Lipinski definition) is 2. The predicted octanol–water partition coefficient (Wildman–Crippen LogP) is 7.29. The van der Waals surface area contributed by atoms with Gasteiger partial charge in [-0.3, -0.25) is 0 Å². The van der Waals surface area contributed by atoms with Crippen LogP contribution < -0.4 is 0 Å². The van der Waals surface area contributed by atoms with E-state index in [4.69, 9.17) is 0 Å². The summed E-state index contributed by atoms with van der Waals surface area (Å²) in [4.78, 5) is 23.7. The Hall–Kier alpha value is -5.48. The summed E-state index contributed by atoms with van der Waals surface area (Å²) in [5.41, 5.74) is -9.76. The quantitative estimate of drug-likeness (QED) is 0.193. The molecule has 0 fully saturated rings. The molecule has 0 saturated carbocycles. The topological polar surface area (TPSA) is 74.6 Å². The van der Waals surface area contributed by atoms with Crippen LogP contribution in [0.5, 0.6) is 0 Å². The molecular weight excluding hydrogens is 574 g/mol. The van der Waals surface area contributed by atoms with Gasteiger partial charge in [-0.15, -0.1) is 0 Å². The van der Waals surface area contributed by atoms with Crippen LogP contribution in [0.1, 0.15) is 54.1 Å². The molecule has 4 aromatic carbocycles. The number of aromatic carboxylic acids is 2. The lowest BCUT2D eigenvalue weighted by atomic mass is 9.71. The molecule has 4 rings (SSSR count). The summed E-state index contributed by atoms with van der Waals surface area (Å²) >= 11 is 0. The molecule has 0 radical (unpaired) electrons. The van der Waals surface area contributed by atoms with Gasteiger partial charge in [0.05, 0.1) is 11.1 Å². The van der Waals surface area contributed by atoms with E-state index in [-0.39, 0.29) is 12.1 Å². The van der Waals surface area contributed by atoms with Crippen LogP contribution in [-0.2, 0) is 5.41 Å². The molecule has 0 saturated heterocycles. The molecule has 4 aromatic rings. The van der Waals surface area contributed by atoms with Crippen molar-refractivity contribution in [2.75, 3.05) is 0 Å². The fourth-order valence-electron chi connectivity index (χ4n) is 4.39. The summed E-state index contributed by atoms with van der Waals surface area (Å²) in [5.74, 6) is 6.46. The van der Waals surface area contributed by atoms with E-state index in [2.05, 4.69) is 23.7 Å². The van der Waals surface area contributed by atoms with E-state index in [1.165, 1.54) is 0 Å². The molecule has 0 amide bonds. The van der Waals surface area contributed by atoms with Crippen LogP contribution in [0.2, 0.25) is 0 Å². The monoisotopic (exact) mass is 592 g/mol. The lowest BCUT2D eigenvalue weighted by Crippen LogP contribution is -2.55. The van der Waals surface area contributed by atoms with Crippen molar-refractivity contribution in [3.05, 3.63) is 142 Å². The molecule has 2 N–H and O–H groups in total. The lowest BCUT2D eigenvalue weighted by Gasteiger charge is -2.38. The molecule has 0 heterocycles. The van der Waals surface area contributed by atoms with E-state index < -0.39 is 63.1 Å². The summed E-state index contributed by atoms with van der Waals surface area (Å²) in [6.07, 6.45) is -12.3. The zero-order chi connectivity index (χ0) is 31.4. The van der Waals surface area contributed by atoms with Crippen LogP contribution in [0.25, 0.3) is 0 Å². The van der Waals surface area contributed by atoms with Crippen LogP contribution in [0, 0.1) is 23.7 Å². The van der Waals surface area contributed by atoms with Gasteiger partial charge < -0.3 is 10.2 Å². The van der Waals surface area contributed by atoms with Crippen molar-refractivity contribution in [3.63, 3.8) is 0 Å². The Morgan fingerprint density at radius 1 is 0.488 bits per heavy atom. The zero-order valence-corrected chi connectivity index (χ0v) is 21.7. The Kier molecular flexibility index (Phi) is 8.36. The highest BCUT2D eigenvalue weighted by Crippen LogP contribution is 2.56. The van der Waals surface area contributed by atoms with Gasteiger partial charge in [-0.05, 0) is 71.8 Å². The Morgan fingerprint density at radius 2 is 0.814 bits per heavy atom. The van der Waals surface area contributed by atoms with Crippen molar-refractivity contribution < 1.29 is 46.1 Å². The molecule has 0 unspecified atom stereocenters. The molecule has 0 spiro atoms. The molecule has 0 aliphatic rings. The number of halogens is 6. The van der Waals surface area contributed by atoms with Crippen LogP contribution in [-0.4, -0.2) is 34.5 Å². The number of rotatable bonds is 4. The minimum absolute atomic E-state index is 0.264.